The Kier molecular flexibility index (Phi) is 4.32. The highest BCUT2D eigenvalue weighted by molar-refractivity contribution is 6.35. The molecule has 0 aromatic carbocycles. The number of carbonyl (C=O) groups is 4. The van der Waals surface area contributed by atoms with Gasteiger partial charge in [-0.2, -0.15) is 0 Å². The topological polar surface area (TPSA) is 77.5 Å². The predicted molar refractivity (Wildman–Crippen MR) is 95.2 cm³/mol. The number of carbonyl (C=O) groups excluding carboxylic acids is 4. The van der Waals surface area contributed by atoms with Gasteiger partial charge < -0.3 is 4.74 Å². The van der Waals surface area contributed by atoms with Crippen LogP contribution in [0.5, 0.6) is 0 Å². The number of ether oxygens (including phenoxy) is 1. The first-order valence-corrected chi connectivity index (χ1v) is 9.25. The van der Waals surface area contributed by atoms with Gasteiger partial charge in [-0.25, -0.2) is 0 Å². The van der Waals surface area contributed by atoms with Crippen molar-refractivity contribution < 1.29 is 23.9 Å². The van der Waals surface area contributed by atoms with Crippen LogP contribution in [0.25, 0.3) is 0 Å². The smallest absolute Gasteiger partial charge is 0.311 e. The van der Waals surface area contributed by atoms with E-state index < -0.39 is 10.8 Å². The van der Waals surface area contributed by atoms with E-state index in [-0.39, 0.29) is 47.1 Å². The van der Waals surface area contributed by atoms with E-state index in [4.69, 9.17) is 4.74 Å². The highest BCUT2D eigenvalue weighted by Gasteiger charge is 2.60. The third-order valence-electron chi connectivity index (χ3n) is 6.72. The summed E-state index contributed by atoms with van der Waals surface area (Å²) >= 11 is 0. The second-order valence-electron chi connectivity index (χ2n) is 8.56. The van der Waals surface area contributed by atoms with E-state index in [1.165, 1.54) is 13.2 Å². The fourth-order valence-corrected chi connectivity index (χ4v) is 5.31. The van der Waals surface area contributed by atoms with Gasteiger partial charge in [0.05, 0.1) is 18.1 Å². The first-order valence-electron chi connectivity index (χ1n) is 9.25. The van der Waals surface area contributed by atoms with E-state index in [1.807, 2.05) is 27.7 Å². The molecule has 3 aliphatic rings. The Morgan fingerprint density at radius 3 is 2.42 bits per heavy atom. The molecule has 0 N–H and O–H groups in total. The highest BCUT2D eigenvalue weighted by atomic mass is 16.5. The summed E-state index contributed by atoms with van der Waals surface area (Å²) in [7, 11) is 1.35. The Morgan fingerprint density at radius 1 is 1.19 bits per heavy atom. The molecule has 0 heterocycles. The van der Waals surface area contributed by atoms with Crippen molar-refractivity contribution in [2.45, 2.75) is 53.4 Å². The average Bonchev–Trinajstić information content (AvgIpc) is 2.57. The van der Waals surface area contributed by atoms with Crippen LogP contribution < -0.4 is 0 Å². The van der Waals surface area contributed by atoms with Crippen LogP contribution in [0.4, 0.5) is 0 Å². The molecule has 5 nitrogen and oxygen atoms in total. The third-order valence-corrected chi connectivity index (χ3v) is 6.72. The zero-order valence-electron chi connectivity index (χ0n) is 16.1. The summed E-state index contributed by atoms with van der Waals surface area (Å²) in [6.07, 6.45) is 3.54. The average molecular weight is 358 g/mol. The van der Waals surface area contributed by atoms with Gasteiger partial charge in [0.25, 0.3) is 0 Å². The molecule has 0 aromatic heterocycles. The summed E-state index contributed by atoms with van der Waals surface area (Å²) in [5.41, 5.74) is -0.718. The Hall–Kier alpha value is -2.04. The molecule has 0 aliphatic heterocycles. The van der Waals surface area contributed by atoms with Crippen molar-refractivity contribution in [2.75, 3.05) is 7.11 Å². The third kappa shape index (κ3) is 2.36. The first kappa shape index (κ1) is 18.7. The number of esters is 1. The van der Waals surface area contributed by atoms with Crippen LogP contribution in [-0.4, -0.2) is 30.4 Å². The molecule has 26 heavy (non-hydrogen) atoms. The summed E-state index contributed by atoms with van der Waals surface area (Å²) in [5.74, 6) is -1.69. The number of hydrogen-bond acceptors (Lipinski definition) is 5. The van der Waals surface area contributed by atoms with Crippen LogP contribution in [0.2, 0.25) is 0 Å². The van der Waals surface area contributed by atoms with Crippen LogP contribution in [0, 0.1) is 22.7 Å². The summed E-state index contributed by atoms with van der Waals surface area (Å²) in [6, 6.07) is 0. The van der Waals surface area contributed by atoms with Crippen molar-refractivity contribution in [1.29, 1.82) is 0 Å². The van der Waals surface area contributed by atoms with Crippen molar-refractivity contribution in [3.05, 3.63) is 22.8 Å². The lowest BCUT2D eigenvalue weighted by Crippen LogP contribution is -2.54. The second kappa shape index (κ2) is 6.00. The molecule has 140 valence electrons. The maximum atomic E-state index is 13.0. The van der Waals surface area contributed by atoms with Gasteiger partial charge >= 0.3 is 5.97 Å². The maximum Gasteiger partial charge on any atom is 0.311 e. The Labute approximate surface area is 153 Å². The number of rotatable bonds is 2. The molecule has 0 amide bonds. The zero-order chi connectivity index (χ0) is 19.4. The Morgan fingerprint density at radius 2 is 1.85 bits per heavy atom. The molecule has 5 heteroatoms. The minimum absolute atomic E-state index is 0.0639. The minimum atomic E-state index is -0.832. The largest absolute Gasteiger partial charge is 0.469 e. The fraction of sp³-hybridized carbons (Fsp3) is 0.619. The summed E-state index contributed by atoms with van der Waals surface area (Å²) < 4.78 is 5.02. The molecule has 0 unspecified atom stereocenters. The van der Waals surface area contributed by atoms with Crippen molar-refractivity contribution >= 4 is 23.3 Å². The first-order chi connectivity index (χ1) is 12.1. The molecular formula is C21H26O5. The van der Waals surface area contributed by atoms with Crippen molar-refractivity contribution in [1.82, 2.24) is 0 Å². The normalized spacial score (nSPS) is 34.5. The Bertz CT molecular complexity index is 784. The molecular weight excluding hydrogens is 332 g/mol. The zero-order valence-corrected chi connectivity index (χ0v) is 16.1. The minimum Gasteiger partial charge on any atom is -0.469 e. The number of hydrogen-bond donors (Lipinski definition) is 0. The predicted octanol–water partition coefficient (Wildman–Crippen LogP) is 2.98. The number of ketones is 3. The van der Waals surface area contributed by atoms with E-state index in [2.05, 4.69) is 0 Å². The molecule has 3 rings (SSSR count). The van der Waals surface area contributed by atoms with Gasteiger partial charge in [0.15, 0.2) is 17.3 Å². The summed E-state index contributed by atoms with van der Waals surface area (Å²) in [5, 5.41) is 0. The fourth-order valence-electron chi connectivity index (χ4n) is 5.31. The number of allylic oxidation sites excluding steroid dienone is 4. The standard InChI is InChI=1S/C21H26O5/c1-11(2)12-9-14(23)17-16(18(12)24)13(22)10-15-20(17,3)7-6-8-21(15,4)19(25)26-5/h9,11,15H,6-8,10H2,1-5H3/t15-,20+,21-/m1/s1. The molecule has 0 aromatic rings. The van der Waals surface area contributed by atoms with Gasteiger partial charge in [0, 0.05) is 23.0 Å². The Balaban J connectivity index is 2.18. The lowest BCUT2D eigenvalue weighted by atomic mass is 9.48. The van der Waals surface area contributed by atoms with E-state index in [1.54, 1.807) is 0 Å². The molecule has 0 radical (unpaired) electrons. The van der Waals surface area contributed by atoms with Gasteiger partial charge in [-0.3, -0.25) is 19.2 Å². The molecule has 0 spiro atoms. The molecule has 0 bridgehead atoms. The van der Waals surface area contributed by atoms with Crippen molar-refractivity contribution in [3.63, 3.8) is 0 Å². The SMILES string of the molecule is COC(=O)[C@]1(C)CCC[C@]2(C)C3=C(C(=O)C[C@@H]12)C(=O)C(C(C)C)=CC3=O. The monoisotopic (exact) mass is 358 g/mol. The number of methoxy groups -OCH3 is 1. The van der Waals surface area contributed by atoms with Crippen LogP contribution in [0.3, 0.4) is 0 Å². The summed E-state index contributed by atoms with van der Waals surface area (Å²) in [6.45, 7) is 7.44. The highest BCUT2D eigenvalue weighted by Crippen LogP contribution is 2.60. The molecule has 0 saturated heterocycles. The van der Waals surface area contributed by atoms with E-state index in [0.717, 1.165) is 6.42 Å². The molecule has 3 atom stereocenters. The molecule has 1 saturated carbocycles. The van der Waals surface area contributed by atoms with Crippen molar-refractivity contribution in [2.24, 2.45) is 22.7 Å². The van der Waals surface area contributed by atoms with Gasteiger partial charge in [0.2, 0.25) is 0 Å². The van der Waals surface area contributed by atoms with Gasteiger partial charge in [0.1, 0.15) is 0 Å². The molecule has 1 fully saturated rings. The number of fused-ring (bicyclic) bond motifs is 2. The number of Topliss-reactive ketones (excluding diaryl/α,β-unsaturated/α-hetero) is 2. The van der Waals surface area contributed by atoms with Crippen LogP contribution in [-0.2, 0) is 23.9 Å². The lowest BCUT2D eigenvalue weighted by Gasteiger charge is -2.53. The quantitative estimate of drug-likeness (QED) is 0.431. The van der Waals surface area contributed by atoms with E-state index in [9.17, 15) is 19.2 Å². The van der Waals surface area contributed by atoms with Crippen LogP contribution in [0.15, 0.2) is 22.8 Å². The second-order valence-corrected chi connectivity index (χ2v) is 8.56. The van der Waals surface area contributed by atoms with E-state index >= 15 is 0 Å². The molecule has 3 aliphatic carbocycles. The van der Waals surface area contributed by atoms with Crippen molar-refractivity contribution in [3.8, 4) is 0 Å². The van der Waals surface area contributed by atoms with Crippen LogP contribution in [0.1, 0.15) is 53.4 Å². The lowest BCUT2D eigenvalue weighted by molar-refractivity contribution is -0.164. The van der Waals surface area contributed by atoms with Gasteiger partial charge in [-0.1, -0.05) is 27.2 Å². The van der Waals surface area contributed by atoms with Gasteiger partial charge in [-0.15, -0.1) is 0 Å². The van der Waals surface area contributed by atoms with Gasteiger partial charge in [-0.05, 0) is 37.7 Å². The van der Waals surface area contributed by atoms with Crippen LogP contribution >= 0.6 is 0 Å². The summed E-state index contributed by atoms with van der Waals surface area (Å²) in [4.78, 5) is 51.4. The van der Waals surface area contributed by atoms with E-state index in [0.29, 0.717) is 24.0 Å². The maximum absolute atomic E-state index is 13.0.